The summed E-state index contributed by atoms with van der Waals surface area (Å²) in [6.45, 7) is 4.46. The van der Waals surface area contributed by atoms with E-state index in [1.54, 1.807) is 12.1 Å². The molecule has 1 unspecified atom stereocenters. The monoisotopic (exact) mass is 240 g/mol. The van der Waals surface area contributed by atoms with Gasteiger partial charge in [0.25, 0.3) is 5.92 Å². The summed E-state index contributed by atoms with van der Waals surface area (Å²) in [6.07, 6.45) is 0.216. The summed E-state index contributed by atoms with van der Waals surface area (Å²) in [5.74, 6) is -2.61. The summed E-state index contributed by atoms with van der Waals surface area (Å²) in [4.78, 5) is 0. The van der Waals surface area contributed by atoms with Crippen molar-refractivity contribution in [3.8, 4) is 0 Å². The summed E-state index contributed by atoms with van der Waals surface area (Å²) in [7, 11) is 0. The molecule has 0 radical (unpaired) electrons. The van der Waals surface area contributed by atoms with Crippen LogP contribution < -0.4 is 0 Å². The third-order valence-corrected chi connectivity index (χ3v) is 3.27. The predicted octanol–water partition coefficient (Wildman–Crippen LogP) is 4.08. The molecule has 1 saturated heterocycles. The van der Waals surface area contributed by atoms with Crippen LogP contribution in [0.4, 0.5) is 8.78 Å². The van der Waals surface area contributed by atoms with Crippen molar-refractivity contribution in [2.45, 2.75) is 44.6 Å². The average molecular weight is 240 g/mol. The first-order chi connectivity index (χ1) is 8.01. The van der Waals surface area contributed by atoms with Crippen LogP contribution in [0.2, 0.25) is 0 Å². The minimum atomic E-state index is -2.87. The smallest absolute Gasteiger partial charge is 0.298 e. The van der Waals surface area contributed by atoms with Crippen LogP contribution in [0, 0.1) is 0 Å². The largest absolute Gasteiger partial charge is 0.372 e. The number of alkyl halides is 2. The summed E-state index contributed by atoms with van der Waals surface area (Å²) < 4.78 is 33.5. The van der Waals surface area contributed by atoms with E-state index in [1.165, 1.54) is 6.07 Å². The molecule has 1 heterocycles. The molecule has 1 aromatic carbocycles. The van der Waals surface area contributed by atoms with Gasteiger partial charge in [-0.05, 0) is 30.4 Å². The maximum Gasteiger partial charge on any atom is 0.298 e. The number of benzene rings is 1. The lowest BCUT2D eigenvalue weighted by Gasteiger charge is -2.23. The second-order valence-corrected chi connectivity index (χ2v) is 4.90. The quantitative estimate of drug-likeness (QED) is 0.773. The van der Waals surface area contributed by atoms with Crippen molar-refractivity contribution in [3.05, 3.63) is 35.4 Å². The lowest BCUT2D eigenvalue weighted by molar-refractivity contribution is -0.122. The van der Waals surface area contributed by atoms with Crippen molar-refractivity contribution in [3.63, 3.8) is 0 Å². The fraction of sp³-hybridized carbons (Fsp3) is 0.571. The van der Waals surface area contributed by atoms with E-state index >= 15 is 0 Å². The molecular weight excluding hydrogens is 222 g/mol. The Morgan fingerprint density at radius 3 is 2.71 bits per heavy atom. The number of halogens is 2. The third kappa shape index (κ3) is 2.49. The van der Waals surface area contributed by atoms with Gasteiger partial charge < -0.3 is 4.74 Å². The minimum Gasteiger partial charge on any atom is -0.372 e. The topological polar surface area (TPSA) is 9.23 Å². The zero-order valence-electron chi connectivity index (χ0n) is 10.2. The van der Waals surface area contributed by atoms with Gasteiger partial charge in [0.05, 0.1) is 0 Å². The standard InChI is InChI=1S/C14H18F2O/c1-10(2)11-5-3-6-12(9-11)14(15,16)13-7-4-8-17-13/h3,5-6,9-10,13H,4,7-8H2,1-2H3. The molecule has 0 aromatic heterocycles. The zero-order chi connectivity index (χ0) is 12.5. The first-order valence-corrected chi connectivity index (χ1v) is 6.11. The van der Waals surface area contributed by atoms with Crippen molar-refractivity contribution in [1.29, 1.82) is 0 Å². The molecule has 17 heavy (non-hydrogen) atoms. The second-order valence-electron chi connectivity index (χ2n) is 4.90. The fourth-order valence-corrected chi connectivity index (χ4v) is 2.15. The van der Waals surface area contributed by atoms with Crippen LogP contribution in [0.25, 0.3) is 0 Å². The lowest BCUT2D eigenvalue weighted by Crippen LogP contribution is -2.30. The van der Waals surface area contributed by atoms with E-state index in [0.29, 0.717) is 13.0 Å². The molecule has 0 N–H and O–H groups in total. The molecule has 0 bridgehead atoms. The van der Waals surface area contributed by atoms with E-state index in [-0.39, 0.29) is 11.5 Å². The normalized spacial score (nSPS) is 21.1. The molecule has 2 rings (SSSR count). The van der Waals surface area contributed by atoms with Crippen molar-refractivity contribution in [1.82, 2.24) is 0 Å². The number of hydrogen-bond acceptors (Lipinski definition) is 1. The summed E-state index contributed by atoms with van der Waals surface area (Å²) in [6, 6.07) is 6.69. The van der Waals surface area contributed by atoms with E-state index in [0.717, 1.165) is 12.0 Å². The van der Waals surface area contributed by atoms with Gasteiger partial charge in [-0.25, -0.2) is 0 Å². The van der Waals surface area contributed by atoms with Gasteiger partial charge >= 0.3 is 0 Å². The molecule has 1 fully saturated rings. The molecule has 0 amide bonds. The van der Waals surface area contributed by atoms with Crippen molar-refractivity contribution >= 4 is 0 Å². The summed E-state index contributed by atoms with van der Waals surface area (Å²) >= 11 is 0. The van der Waals surface area contributed by atoms with Crippen molar-refractivity contribution in [2.75, 3.05) is 6.61 Å². The van der Waals surface area contributed by atoms with Crippen LogP contribution in [0.15, 0.2) is 24.3 Å². The van der Waals surface area contributed by atoms with Crippen LogP contribution in [-0.4, -0.2) is 12.7 Å². The van der Waals surface area contributed by atoms with Gasteiger partial charge in [-0.2, -0.15) is 8.78 Å². The minimum absolute atomic E-state index is 0.0793. The summed E-state index contributed by atoms with van der Waals surface area (Å²) in [5.41, 5.74) is 1.02. The zero-order valence-corrected chi connectivity index (χ0v) is 10.2. The second kappa shape index (κ2) is 4.73. The highest BCUT2D eigenvalue weighted by molar-refractivity contribution is 5.29. The van der Waals surface area contributed by atoms with E-state index in [1.807, 2.05) is 19.9 Å². The molecule has 1 aromatic rings. The van der Waals surface area contributed by atoms with Crippen molar-refractivity contribution < 1.29 is 13.5 Å². The van der Waals surface area contributed by atoms with Crippen LogP contribution >= 0.6 is 0 Å². The maximum absolute atomic E-state index is 14.2. The highest BCUT2D eigenvalue weighted by Gasteiger charge is 2.43. The van der Waals surface area contributed by atoms with E-state index in [2.05, 4.69) is 0 Å². The van der Waals surface area contributed by atoms with Crippen LogP contribution in [0.3, 0.4) is 0 Å². The number of ether oxygens (including phenoxy) is 1. The van der Waals surface area contributed by atoms with Gasteiger partial charge in [0.15, 0.2) is 0 Å². The highest BCUT2D eigenvalue weighted by atomic mass is 19.3. The van der Waals surface area contributed by atoms with Gasteiger partial charge in [0, 0.05) is 12.2 Å². The SMILES string of the molecule is CC(C)c1cccc(C(F)(F)C2CCCO2)c1. The number of hydrogen-bond donors (Lipinski definition) is 0. The van der Waals surface area contributed by atoms with Gasteiger partial charge in [0.2, 0.25) is 0 Å². The van der Waals surface area contributed by atoms with Gasteiger partial charge in [0.1, 0.15) is 6.10 Å². The Hall–Kier alpha value is -0.960. The molecule has 0 spiro atoms. The Morgan fingerprint density at radius 2 is 2.12 bits per heavy atom. The molecular formula is C14H18F2O. The Bertz CT molecular complexity index is 382. The summed E-state index contributed by atoms with van der Waals surface area (Å²) in [5, 5.41) is 0. The molecule has 94 valence electrons. The molecule has 0 saturated carbocycles. The Kier molecular flexibility index (Phi) is 3.48. The predicted molar refractivity (Wildman–Crippen MR) is 63.4 cm³/mol. The highest BCUT2D eigenvalue weighted by Crippen LogP contribution is 2.38. The van der Waals surface area contributed by atoms with Gasteiger partial charge in [-0.15, -0.1) is 0 Å². The Morgan fingerprint density at radius 1 is 1.35 bits per heavy atom. The molecule has 1 aliphatic rings. The third-order valence-electron chi connectivity index (χ3n) is 3.27. The fourth-order valence-electron chi connectivity index (χ4n) is 2.15. The Balaban J connectivity index is 2.28. The van der Waals surface area contributed by atoms with Gasteiger partial charge in [-0.3, -0.25) is 0 Å². The first-order valence-electron chi connectivity index (χ1n) is 6.11. The van der Waals surface area contributed by atoms with Crippen LogP contribution in [-0.2, 0) is 10.7 Å². The first kappa shape index (κ1) is 12.5. The van der Waals surface area contributed by atoms with Gasteiger partial charge in [-0.1, -0.05) is 32.0 Å². The maximum atomic E-state index is 14.2. The van der Waals surface area contributed by atoms with E-state index in [4.69, 9.17) is 4.74 Å². The molecule has 1 atom stereocenters. The molecule has 1 nitrogen and oxygen atoms in total. The lowest BCUT2D eigenvalue weighted by atomic mass is 9.95. The Labute approximate surface area is 101 Å². The van der Waals surface area contributed by atoms with Crippen molar-refractivity contribution in [2.24, 2.45) is 0 Å². The number of rotatable bonds is 3. The average Bonchev–Trinajstić information content (AvgIpc) is 2.83. The van der Waals surface area contributed by atoms with E-state index in [9.17, 15) is 8.78 Å². The van der Waals surface area contributed by atoms with Crippen LogP contribution in [0.1, 0.15) is 43.7 Å². The van der Waals surface area contributed by atoms with Crippen LogP contribution in [0.5, 0.6) is 0 Å². The molecule has 1 aliphatic heterocycles. The molecule has 3 heteroatoms. The molecule has 0 aliphatic carbocycles. The van der Waals surface area contributed by atoms with E-state index < -0.39 is 12.0 Å².